The van der Waals surface area contributed by atoms with E-state index in [-0.39, 0.29) is 12.5 Å². The molecule has 3 N–H and O–H groups in total. The molecule has 0 aliphatic carbocycles. The normalized spacial score (nSPS) is 13.1. The summed E-state index contributed by atoms with van der Waals surface area (Å²) in [7, 11) is 0. The van der Waals surface area contributed by atoms with Gasteiger partial charge in [0.15, 0.2) is 0 Å². The van der Waals surface area contributed by atoms with Crippen LogP contribution in [0.15, 0.2) is 60.8 Å². The van der Waals surface area contributed by atoms with Gasteiger partial charge in [0.1, 0.15) is 0 Å². The van der Waals surface area contributed by atoms with Crippen LogP contribution in [0.2, 0.25) is 0 Å². The van der Waals surface area contributed by atoms with Crippen molar-refractivity contribution < 1.29 is 15.0 Å². The fourth-order valence-corrected chi connectivity index (χ4v) is 10.7. The third kappa shape index (κ3) is 62.8. The molecule has 0 aliphatic rings. The maximum absolute atomic E-state index is 12.6. The lowest BCUT2D eigenvalue weighted by Crippen LogP contribution is -2.45. The Morgan fingerprint density at radius 3 is 0.880 bits per heavy atom. The molecule has 2 atom stereocenters. The van der Waals surface area contributed by atoms with Gasteiger partial charge in [-0.3, -0.25) is 4.79 Å². The first-order valence-electron chi connectivity index (χ1n) is 34.0. The van der Waals surface area contributed by atoms with Crippen molar-refractivity contribution in [1.29, 1.82) is 0 Å². The Hall–Kier alpha value is -1.91. The molecular weight excluding hydrogens is 915 g/mol. The van der Waals surface area contributed by atoms with Crippen molar-refractivity contribution in [2.24, 2.45) is 0 Å². The monoisotopic (exact) mass is 1050 g/mol. The van der Waals surface area contributed by atoms with Gasteiger partial charge in [-0.1, -0.05) is 364 Å². The second-order valence-electron chi connectivity index (χ2n) is 23.2. The van der Waals surface area contributed by atoms with Crippen molar-refractivity contribution in [2.45, 2.75) is 379 Å². The summed E-state index contributed by atoms with van der Waals surface area (Å²) < 4.78 is 0. The third-order valence-electron chi connectivity index (χ3n) is 15.8. The second kappa shape index (κ2) is 66.4. The molecule has 75 heavy (non-hydrogen) atoms. The van der Waals surface area contributed by atoms with Crippen LogP contribution in [-0.2, 0) is 4.79 Å². The molecule has 0 spiro atoms. The summed E-state index contributed by atoms with van der Waals surface area (Å²) in [5.41, 5.74) is 0. The van der Waals surface area contributed by atoms with Gasteiger partial charge in [-0.05, 0) is 57.8 Å². The molecule has 0 bridgehead atoms. The van der Waals surface area contributed by atoms with Gasteiger partial charge < -0.3 is 15.5 Å². The highest BCUT2D eigenvalue weighted by Crippen LogP contribution is 2.19. The topological polar surface area (TPSA) is 69.6 Å². The van der Waals surface area contributed by atoms with E-state index in [9.17, 15) is 15.0 Å². The quantitative estimate of drug-likeness (QED) is 0.0420. The molecule has 440 valence electrons. The number of carbonyl (C=O) groups excluding carboxylic acids is 1. The Kier molecular flexibility index (Phi) is 64.7. The van der Waals surface area contributed by atoms with E-state index in [4.69, 9.17) is 0 Å². The number of unbranched alkanes of at least 4 members (excludes halogenated alkanes) is 46. The lowest BCUT2D eigenvalue weighted by molar-refractivity contribution is -0.123. The number of hydrogen-bond donors (Lipinski definition) is 3. The largest absolute Gasteiger partial charge is 0.394 e. The maximum Gasteiger partial charge on any atom is 0.220 e. The van der Waals surface area contributed by atoms with Crippen molar-refractivity contribution in [2.75, 3.05) is 6.61 Å². The molecule has 0 radical (unpaired) electrons. The molecule has 2 unspecified atom stereocenters. The second-order valence-corrected chi connectivity index (χ2v) is 23.2. The van der Waals surface area contributed by atoms with Crippen molar-refractivity contribution >= 4 is 5.91 Å². The zero-order valence-electron chi connectivity index (χ0n) is 50.8. The fourth-order valence-electron chi connectivity index (χ4n) is 10.7. The van der Waals surface area contributed by atoms with Crippen LogP contribution >= 0.6 is 0 Å². The van der Waals surface area contributed by atoms with E-state index < -0.39 is 12.1 Å². The first kappa shape index (κ1) is 73.1. The molecule has 0 aromatic heterocycles. The van der Waals surface area contributed by atoms with Gasteiger partial charge in [-0.2, -0.15) is 0 Å². The van der Waals surface area contributed by atoms with Crippen LogP contribution < -0.4 is 5.32 Å². The summed E-state index contributed by atoms with van der Waals surface area (Å²) in [5.74, 6) is -0.0251. The van der Waals surface area contributed by atoms with E-state index in [1.807, 2.05) is 0 Å². The van der Waals surface area contributed by atoms with E-state index in [1.54, 1.807) is 0 Å². The molecule has 0 rings (SSSR count). The summed E-state index contributed by atoms with van der Waals surface area (Å²) in [6, 6.07) is -0.538. The predicted molar refractivity (Wildman–Crippen MR) is 336 cm³/mol. The molecule has 0 heterocycles. The van der Waals surface area contributed by atoms with Crippen LogP contribution in [-0.4, -0.2) is 34.9 Å². The van der Waals surface area contributed by atoms with Gasteiger partial charge in [0.05, 0.1) is 18.8 Å². The van der Waals surface area contributed by atoms with Gasteiger partial charge in [-0.25, -0.2) is 0 Å². The van der Waals surface area contributed by atoms with Gasteiger partial charge >= 0.3 is 0 Å². The minimum Gasteiger partial charge on any atom is -0.394 e. The number of amides is 1. The van der Waals surface area contributed by atoms with E-state index in [1.165, 1.54) is 283 Å². The van der Waals surface area contributed by atoms with Crippen LogP contribution in [0.5, 0.6) is 0 Å². The van der Waals surface area contributed by atoms with Crippen LogP contribution in [0.1, 0.15) is 367 Å². The van der Waals surface area contributed by atoms with Gasteiger partial charge in [0.2, 0.25) is 5.91 Å². The molecule has 0 fully saturated rings. The Morgan fingerprint density at radius 2 is 0.587 bits per heavy atom. The van der Waals surface area contributed by atoms with Gasteiger partial charge in [0, 0.05) is 6.42 Å². The standard InChI is InChI=1S/C71H133NO3/c1-3-5-7-9-11-13-15-17-19-21-23-25-27-29-31-33-34-35-36-37-38-39-41-43-45-47-49-51-53-55-57-59-61-63-65-67-71(75)72-69(68-73)70(74)66-64-62-60-58-56-54-52-50-48-46-44-42-40-32-30-28-26-24-22-20-18-16-14-12-10-8-6-4-2/h5,7,11,13,17,19,23,25,29,31,69-70,73-74H,3-4,6,8-10,12,14-16,18,20-22,24,26-28,30,32-68H2,1-2H3,(H,72,75)/b7-5-,13-11-,19-17-,25-23-,31-29-. The highest BCUT2D eigenvalue weighted by atomic mass is 16.3. The minimum absolute atomic E-state index is 0.0251. The number of nitrogens with one attached hydrogen (secondary N) is 1. The molecule has 0 aromatic carbocycles. The number of rotatable bonds is 63. The number of hydrogen-bond acceptors (Lipinski definition) is 3. The predicted octanol–water partition coefficient (Wildman–Crippen LogP) is 23.1. The fraction of sp³-hybridized carbons (Fsp3) is 0.845. The molecule has 0 aromatic rings. The van der Waals surface area contributed by atoms with Gasteiger partial charge in [-0.15, -0.1) is 0 Å². The first-order chi connectivity index (χ1) is 37.2. The smallest absolute Gasteiger partial charge is 0.220 e. The Labute approximate surface area is 470 Å². The molecule has 4 nitrogen and oxygen atoms in total. The molecule has 4 heteroatoms. The third-order valence-corrected chi connectivity index (χ3v) is 15.8. The summed E-state index contributed by atoms with van der Waals surface area (Å²) in [4.78, 5) is 12.6. The van der Waals surface area contributed by atoms with E-state index in [0.717, 1.165) is 57.8 Å². The average Bonchev–Trinajstić information content (AvgIpc) is 3.41. The Morgan fingerprint density at radius 1 is 0.333 bits per heavy atom. The van der Waals surface area contributed by atoms with Gasteiger partial charge in [0.25, 0.3) is 0 Å². The van der Waals surface area contributed by atoms with E-state index in [2.05, 4.69) is 79.9 Å². The summed E-state index contributed by atoms with van der Waals surface area (Å²) in [6.45, 7) is 4.28. The average molecular weight is 1050 g/mol. The van der Waals surface area contributed by atoms with Crippen LogP contribution in [0, 0.1) is 0 Å². The maximum atomic E-state index is 12.6. The summed E-state index contributed by atoms with van der Waals surface area (Å²) in [5, 5.41) is 23.5. The van der Waals surface area contributed by atoms with Crippen LogP contribution in [0.25, 0.3) is 0 Å². The number of aliphatic hydroxyl groups excluding tert-OH is 2. The number of aliphatic hydroxyl groups is 2. The molecule has 0 saturated carbocycles. The Bertz CT molecular complexity index is 1230. The number of allylic oxidation sites excluding steroid dienone is 10. The van der Waals surface area contributed by atoms with E-state index in [0.29, 0.717) is 12.8 Å². The lowest BCUT2D eigenvalue weighted by Gasteiger charge is -2.22. The molecule has 0 saturated heterocycles. The highest BCUT2D eigenvalue weighted by molar-refractivity contribution is 5.76. The zero-order valence-corrected chi connectivity index (χ0v) is 50.8. The van der Waals surface area contributed by atoms with Crippen LogP contribution in [0.4, 0.5) is 0 Å². The zero-order chi connectivity index (χ0) is 54.1. The number of carbonyl (C=O) groups is 1. The van der Waals surface area contributed by atoms with Crippen LogP contribution in [0.3, 0.4) is 0 Å². The summed E-state index contributed by atoms with van der Waals surface area (Å²) in [6.07, 6.45) is 94.1. The SMILES string of the molecule is CC/C=C\C/C=C\C/C=C\C/C=C\C/C=C\CCCCCCCCCCCCCCCCCCCCCC(=O)NC(CO)C(O)CCCCCCCCCCCCCCCCCCCCCCCCCCCCCC. The lowest BCUT2D eigenvalue weighted by atomic mass is 10.0. The molecule has 0 aliphatic heterocycles. The van der Waals surface area contributed by atoms with Crippen molar-refractivity contribution in [3.05, 3.63) is 60.8 Å². The highest BCUT2D eigenvalue weighted by Gasteiger charge is 2.20. The minimum atomic E-state index is -0.662. The Balaban J connectivity index is 3.41. The van der Waals surface area contributed by atoms with Crippen molar-refractivity contribution in [1.82, 2.24) is 5.32 Å². The molecule has 1 amide bonds. The molecular formula is C71H133NO3. The van der Waals surface area contributed by atoms with Crippen molar-refractivity contribution in [3.63, 3.8) is 0 Å². The van der Waals surface area contributed by atoms with E-state index >= 15 is 0 Å². The first-order valence-corrected chi connectivity index (χ1v) is 34.0. The summed E-state index contributed by atoms with van der Waals surface area (Å²) >= 11 is 0. The van der Waals surface area contributed by atoms with Crippen molar-refractivity contribution in [3.8, 4) is 0 Å².